The van der Waals surface area contributed by atoms with E-state index in [2.05, 4.69) is 0 Å². The first-order valence-corrected chi connectivity index (χ1v) is 6.19. The lowest BCUT2D eigenvalue weighted by Gasteiger charge is -2.25. The second-order valence-electron chi connectivity index (χ2n) is 4.44. The zero-order valence-electron chi connectivity index (χ0n) is 10.8. The van der Waals surface area contributed by atoms with Crippen molar-refractivity contribution in [2.24, 2.45) is 0 Å². The molecule has 4 heteroatoms. The molecule has 0 fully saturated rings. The molecule has 0 aliphatic carbocycles. The lowest BCUT2D eigenvalue weighted by Crippen LogP contribution is -2.32. The molecule has 2 aromatic carbocycles. The van der Waals surface area contributed by atoms with Crippen LogP contribution in [0.3, 0.4) is 0 Å². The number of Topliss-reactive ketones (excluding diaryl/α,β-unsaturated/α-hetero) is 2. The third-order valence-electron chi connectivity index (χ3n) is 3.24. The summed E-state index contributed by atoms with van der Waals surface area (Å²) in [4.78, 5) is 24.5. The Balaban J connectivity index is 2.09. The molecule has 1 unspecified atom stereocenters. The average molecular weight is 268 g/mol. The Morgan fingerprint density at radius 3 is 2.45 bits per heavy atom. The van der Waals surface area contributed by atoms with Gasteiger partial charge in [-0.15, -0.1) is 0 Å². The van der Waals surface area contributed by atoms with Crippen molar-refractivity contribution in [3.63, 3.8) is 0 Å². The highest BCUT2D eigenvalue weighted by molar-refractivity contribution is 6.47. The summed E-state index contributed by atoms with van der Waals surface area (Å²) in [5.74, 6) is -0.416. The van der Waals surface area contributed by atoms with Crippen LogP contribution in [0, 0.1) is 0 Å². The Morgan fingerprint density at radius 1 is 1.00 bits per heavy atom. The minimum absolute atomic E-state index is 0.201. The maximum atomic E-state index is 12.3. The fraction of sp³-hybridized carbons (Fsp3) is 0.125. The molecule has 1 atom stereocenters. The van der Waals surface area contributed by atoms with Gasteiger partial charge in [0.1, 0.15) is 17.1 Å². The number of hydrogen-bond acceptors (Lipinski definition) is 4. The minimum Gasteiger partial charge on any atom is -0.496 e. The van der Waals surface area contributed by atoms with Crippen LogP contribution in [0.1, 0.15) is 22.0 Å². The van der Waals surface area contributed by atoms with Gasteiger partial charge in [-0.25, -0.2) is 0 Å². The molecule has 20 heavy (non-hydrogen) atoms. The largest absolute Gasteiger partial charge is 0.496 e. The molecule has 0 spiro atoms. The summed E-state index contributed by atoms with van der Waals surface area (Å²) >= 11 is 0. The number of ether oxygens (including phenoxy) is 2. The molecule has 1 aliphatic rings. The summed E-state index contributed by atoms with van der Waals surface area (Å²) in [6.07, 6.45) is -0.886. The van der Waals surface area contributed by atoms with Crippen LogP contribution in [0.2, 0.25) is 0 Å². The van der Waals surface area contributed by atoms with E-state index in [1.54, 1.807) is 42.5 Å². The standard InChI is InChI=1S/C16H12O4/c1-19-11-8-5-9-12-13(11)14(17)15(18)16(20-12)10-6-3-2-4-7-10/h2-9,16H,1H3. The van der Waals surface area contributed by atoms with Crippen molar-refractivity contribution < 1.29 is 19.1 Å². The highest BCUT2D eigenvalue weighted by Gasteiger charge is 2.38. The lowest BCUT2D eigenvalue weighted by atomic mass is 9.94. The van der Waals surface area contributed by atoms with Gasteiger partial charge in [0.25, 0.3) is 0 Å². The first-order valence-electron chi connectivity index (χ1n) is 6.19. The smallest absolute Gasteiger partial charge is 0.248 e. The molecule has 0 N–H and O–H groups in total. The van der Waals surface area contributed by atoms with E-state index in [4.69, 9.17) is 9.47 Å². The summed E-state index contributed by atoms with van der Waals surface area (Å²) < 4.78 is 10.8. The number of carbonyl (C=O) groups is 2. The van der Waals surface area contributed by atoms with E-state index in [1.165, 1.54) is 7.11 Å². The molecule has 1 aliphatic heterocycles. The van der Waals surface area contributed by atoms with E-state index >= 15 is 0 Å². The maximum absolute atomic E-state index is 12.3. The van der Waals surface area contributed by atoms with Gasteiger partial charge < -0.3 is 9.47 Å². The number of ketones is 2. The zero-order chi connectivity index (χ0) is 14.1. The van der Waals surface area contributed by atoms with Gasteiger partial charge in [-0.05, 0) is 12.1 Å². The Labute approximate surface area is 115 Å². The molecule has 3 rings (SSSR count). The van der Waals surface area contributed by atoms with Gasteiger partial charge in [-0.3, -0.25) is 9.59 Å². The second kappa shape index (κ2) is 4.81. The minimum atomic E-state index is -0.886. The van der Waals surface area contributed by atoms with E-state index in [0.29, 0.717) is 17.1 Å². The molecular formula is C16H12O4. The van der Waals surface area contributed by atoms with Gasteiger partial charge in [0.05, 0.1) is 7.11 Å². The third-order valence-corrected chi connectivity index (χ3v) is 3.24. The van der Waals surface area contributed by atoms with Crippen LogP contribution in [0.4, 0.5) is 0 Å². The van der Waals surface area contributed by atoms with Crippen LogP contribution in [0.25, 0.3) is 0 Å². The molecular weight excluding hydrogens is 256 g/mol. The van der Waals surface area contributed by atoms with Gasteiger partial charge in [-0.2, -0.15) is 0 Å². The molecule has 0 amide bonds. The normalized spacial score (nSPS) is 17.4. The third kappa shape index (κ3) is 1.86. The summed E-state index contributed by atoms with van der Waals surface area (Å²) in [5.41, 5.74) is 0.867. The van der Waals surface area contributed by atoms with Gasteiger partial charge >= 0.3 is 0 Å². The van der Waals surface area contributed by atoms with Crippen LogP contribution >= 0.6 is 0 Å². The molecule has 4 nitrogen and oxygen atoms in total. The summed E-state index contributed by atoms with van der Waals surface area (Å²) in [5, 5.41) is 0. The second-order valence-corrected chi connectivity index (χ2v) is 4.44. The van der Waals surface area contributed by atoms with Crippen molar-refractivity contribution in [3.8, 4) is 11.5 Å². The van der Waals surface area contributed by atoms with Crippen molar-refractivity contribution in [1.82, 2.24) is 0 Å². The van der Waals surface area contributed by atoms with Crippen molar-refractivity contribution in [1.29, 1.82) is 0 Å². The highest BCUT2D eigenvalue weighted by atomic mass is 16.5. The molecule has 0 radical (unpaired) electrons. The van der Waals surface area contributed by atoms with E-state index in [0.717, 1.165) is 0 Å². The summed E-state index contributed by atoms with van der Waals surface area (Å²) in [7, 11) is 1.46. The molecule has 0 saturated carbocycles. The van der Waals surface area contributed by atoms with Gasteiger partial charge in [0, 0.05) is 5.56 Å². The van der Waals surface area contributed by atoms with Crippen molar-refractivity contribution in [2.75, 3.05) is 7.11 Å². The van der Waals surface area contributed by atoms with Crippen LogP contribution in [-0.2, 0) is 4.79 Å². The van der Waals surface area contributed by atoms with Gasteiger partial charge in [-0.1, -0.05) is 36.4 Å². The Kier molecular flexibility index (Phi) is 2.99. The molecule has 0 aromatic heterocycles. The maximum Gasteiger partial charge on any atom is 0.248 e. The number of benzene rings is 2. The fourth-order valence-electron chi connectivity index (χ4n) is 2.27. The number of fused-ring (bicyclic) bond motifs is 1. The van der Waals surface area contributed by atoms with Crippen LogP contribution < -0.4 is 9.47 Å². The number of carbonyl (C=O) groups excluding carboxylic acids is 2. The SMILES string of the molecule is COc1cccc2c1C(=O)C(=O)C(c1ccccc1)O2. The zero-order valence-corrected chi connectivity index (χ0v) is 10.8. The van der Waals surface area contributed by atoms with Crippen molar-refractivity contribution >= 4 is 11.6 Å². The fourth-order valence-corrected chi connectivity index (χ4v) is 2.27. The van der Waals surface area contributed by atoms with Crippen molar-refractivity contribution in [2.45, 2.75) is 6.10 Å². The molecule has 2 aromatic rings. The number of rotatable bonds is 2. The van der Waals surface area contributed by atoms with E-state index in [1.807, 2.05) is 6.07 Å². The van der Waals surface area contributed by atoms with Gasteiger partial charge in [0.2, 0.25) is 11.6 Å². The highest BCUT2D eigenvalue weighted by Crippen LogP contribution is 2.37. The van der Waals surface area contributed by atoms with Crippen molar-refractivity contribution in [3.05, 3.63) is 59.7 Å². The van der Waals surface area contributed by atoms with E-state index in [9.17, 15) is 9.59 Å². The van der Waals surface area contributed by atoms with E-state index < -0.39 is 17.7 Å². The monoisotopic (exact) mass is 268 g/mol. The van der Waals surface area contributed by atoms with Crippen LogP contribution in [0.15, 0.2) is 48.5 Å². The molecule has 1 heterocycles. The lowest BCUT2D eigenvalue weighted by molar-refractivity contribution is -0.122. The summed E-state index contributed by atoms with van der Waals surface area (Å²) in [6.45, 7) is 0. The predicted octanol–water partition coefficient (Wildman–Crippen LogP) is 2.58. The molecule has 0 bridgehead atoms. The quantitative estimate of drug-likeness (QED) is 0.785. The topological polar surface area (TPSA) is 52.6 Å². The van der Waals surface area contributed by atoms with Gasteiger partial charge in [0.15, 0.2) is 6.10 Å². The van der Waals surface area contributed by atoms with Crippen LogP contribution in [0.5, 0.6) is 11.5 Å². The average Bonchev–Trinajstić information content (AvgIpc) is 2.51. The number of hydrogen-bond donors (Lipinski definition) is 0. The Bertz CT molecular complexity index is 676. The first-order chi connectivity index (χ1) is 9.72. The predicted molar refractivity (Wildman–Crippen MR) is 72.1 cm³/mol. The summed E-state index contributed by atoms with van der Waals surface area (Å²) in [6, 6.07) is 14.0. The van der Waals surface area contributed by atoms with E-state index in [-0.39, 0.29) is 5.56 Å². The first kappa shape index (κ1) is 12.4. The molecule has 100 valence electrons. The number of methoxy groups -OCH3 is 1. The Morgan fingerprint density at radius 2 is 1.75 bits per heavy atom. The molecule has 0 saturated heterocycles. The Hall–Kier alpha value is -2.62. The van der Waals surface area contributed by atoms with Crippen LogP contribution in [-0.4, -0.2) is 18.7 Å².